The van der Waals surface area contributed by atoms with Crippen molar-refractivity contribution in [1.29, 1.82) is 0 Å². The first-order chi connectivity index (χ1) is 14.7. The summed E-state index contributed by atoms with van der Waals surface area (Å²) in [5, 5.41) is 1.48. The van der Waals surface area contributed by atoms with E-state index >= 15 is 0 Å². The highest BCUT2D eigenvalue weighted by Gasteiger charge is 2.25. The molecule has 150 valence electrons. The van der Waals surface area contributed by atoms with Gasteiger partial charge in [-0.3, -0.25) is 9.97 Å². The molecule has 0 unspecified atom stereocenters. The van der Waals surface area contributed by atoms with E-state index in [2.05, 4.69) is 9.97 Å². The molecule has 0 radical (unpaired) electrons. The molecular weight excluding hydrogens is 380 g/mol. The van der Waals surface area contributed by atoms with Gasteiger partial charge in [0.1, 0.15) is 0 Å². The molecule has 0 aliphatic carbocycles. The number of rotatable bonds is 5. The Bertz CT molecular complexity index is 1170. The number of hydrogen-bond acceptors (Lipinski definition) is 6. The summed E-state index contributed by atoms with van der Waals surface area (Å²) in [5.41, 5.74) is 3.16. The Kier molecular flexibility index (Phi) is 5.39. The topological polar surface area (TPSA) is 78.4 Å². The van der Waals surface area contributed by atoms with Crippen LogP contribution in [0.15, 0.2) is 60.9 Å². The van der Waals surface area contributed by atoms with E-state index in [0.717, 1.165) is 10.8 Å². The largest absolute Gasteiger partial charge is 0.462 e. The van der Waals surface area contributed by atoms with Crippen LogP contribution >= 0.6 is 0 Å². The minimum atomic E-state index is -0.499. The molecule has 6 nitrogen and oxygen atoms in total. The van der Waals surface area contributed by atoms with Crippen molar-refractivity contribution in [2.24, 2.45) is 0 Å². The van der Waals surface area contributed by atoms with Crippen LogP contribution in [0.4, 0.5) is 0 Å². The molecule has 0 spiro atoms. The van der Waals surface area contributed by atoms with Gasteiger partial charge in [0.15, 0.2) is 0 Å². The quantitative estimate of drug-likeness (QED) is 0.448. The standard InChI is InChI=1S/C24H20N2O4/c1-3-29-23(27)17-13-25-19-11-7-5-9-15(19)21(17)22-16-10-6-8-12-20(16)26-14-18(22)24(28)30-4-2/h5-14H,3-4H2,1-2H3. The summed E-state index contributed by atoms with van der Waals surface area (Å²) < 4.78 is 10.6. The molecule has 0 atom stereocenters. The SMILES string of the molecule is CCOC(=O)c1cnc2ccccc2c1-c1c(C(=O)OCC)cnc2ccccc12. The monoisotopic (exact) mass is 400 g/mol. The fourth-order valence-corrected chi connectivity index (χ4v) is 3.55. The highest BCUT2D eigenvalue weighted by molar-refractivity contribution is 6.16. The molecule has 0 saturated carbocycles. The molecule has 4 rings (SSSR count). The van der Waals surface area contributed by atoms with E-state index in [1.807, 2.05) is 48.5 Å². The molecule has 4 aromatic rings. The van der Waals surface area contributed by atoms with Crippen molar-refractivity contribution in [3.63, 3.8) is 0 Å². The van der Waals surface area contributed by atoms with Crippen LogP contribution in [0.1, 0.15) is 34.6 Å². The lowest BCUT2D eigenvalue weighted by molar-refractivity contribution is 0.0514. The number of pyridine rings is 2. The Labute approximate surface area is 173 Å². The number of nitrogens with zero attached hydrogens (tertiary/aromatic N) is 2. The summed E-state index contributed by atoms with van der Waals surface area (Å²) >= 11 is 0. The first kappa shape index (κ1) is 19.5. The van der Waals surface area contributed by atoms with Crippen molar-refractivity contribution in [2.75, 3.05) is 13.2 Å². The van der Waals surface area contributed by atoms with E-state index < -0.39 is 11.9 Å². The maximum Gasteiger partial charge on any atom is 0.340 e. The van der Waals surface area contributed by atoms with E-state index in [1.54, 1.807) is 13.8 Å². The summed E-state index contributed by atoms with van der Waals surface area (Å²) in [4.78, 5) is 34.5. The average Bonchev–Trinajstić information content (AvgIpc) is 2.78. The van der Waals surface area contributed by atoms with E-state index in [1.165, 1.54) is 12.4 Å². The van der Waals surface area contributed by atoms with Gasteiger partial charge in [-0.1, -0.05) is 36.4 Å². The minimum Gasteiger partial charge on any atom is -0.462 e. The number of ether oxygens (including phenoxy) is 2. The average molecular weight is 400 g/mol. The summed E-state index contributed by atoms with van der Waals surface area (Å²) in [6, 6.07) is 15.0. The van der Waals surface area contributed by atoms with E-state index in [-0.39, 0.29) is 24.3 Å². The van der Waals surface area contributed by atoms with Gasteiger partial charge in [0.2, 0.25) is 0 Å². The van der Waals surface area contributed by atoms with Gasteiger partial charge in [-0.05, 0) is 26.0 Å². The molecule has 2 heterocycles. The maximum absolute atomic E-state index is 12.8. The van der Waals surface area contributed by atoms with Gasteiger partial charge in [0, 0.05) is 34.3 Å². The smallest absolute Gasteiger partial charge is 0.340 e. The molecule has 30 heavy (non-hydrogen) atoms. The van der Waals surface area contributed by atoms with Crippen LogP contribution in [0.25, 0.3) is 32.9 Å². The first-order valence-electron chi connectivity index (χ1n) is 9.75. The predicted octanol–water partition coefficient (Wildman–Crippen LogP) is 4.80. The third kappa shape index (κ3) is 3.37. The predicted molar refractivity (Wildman–Crippen MR) is 114 cm³/mol. The Morgan fingerprint density at radius 2 is 1.10 bits per heavy atom. The van der Waals surface area contributed by atoms with Crippen LogP contribution in [-0.4, -0.2) is 35.1 Å². The Hall–Kier alpha value is -3.80. The molecule has 0 bridgehead atoms. The van der Waals surface area contributed by atoms with Crippen LogP contribution in [0, 0.1) is 0 Å². The number of fused-ring (bicyclic) bond motifs is 2. The Balaban J connectivity index is 2.16. The van der Waals surface area contributed by atoms with Crippen LogP contribution in [0.2, 0.25) is 0 Å². The molecule has 0 fully saturated rings. The summed E-state index contributed by atoms with van der Waals surface area (Å²) in [7, 11) is 0. The maximum atomic E-state index is 12.8. The molecule has 0 N–H and O–H groups in total. The summed E-state index contributed by atoms with van der Waals surface area (Å²) in [5.74, 6) is -0.997. The van der Waals surface area contributed by atoms with Crippen molar-refractivity contribution in [1.82, 2.24) is 9.97 Å². The highest BCUT2D eigenvalue weighted by Crippen LogP contribution is 2.38. The van der Waals surface area contributed by atoms with Gasteiger partial charge < -0.3 is 9.47 Å². The Morgan fingerprint density at radius 3 is 1.50 bits per heavy atom. The fourth-order valence-electron chi connectivity index (χ4n) is 3.55. The third-order valence-electron chi connectivity index (χ3n) is 4.79. The van der Waals surface area contributed by atoms with Crippen molar-refractivity contribution < 1.29 is 19.1 Å². The van der Waals surface area contributed by atoms with Crippen LogP contribution < -0.4 is 0 Å². The van der Waals surface area contributed by atoms with Crippen LogP contribution in [-0.2, 0) is 9.47 Å². The number of carbonyl (C=O) groups excluding carboxylic acids is 2. The minimum absolute atomic E-state index is 0.229. The van der Waals surface area contributed by atoms with Gasteiger partial charge in [0.05, 0.1) is 35.4 Å². The first-order valence-corrected chi connectivity index (χ1v) is 9.75. The second-order valence-electron chi connectivity index (χ2n) is 6.57. The zero-order valence-corrected chi connectivity index (χ0v) is 16.7. The lowest BCUT2D eigenvalue weighted by atomic mass is 9.90. The summed E-state index contributed by atoms with van der Waals surface area (Å²) in [6.45, 7) is 3.95. The molecule has 2 aromatic carbocycles. The molecule has 0 aliphatic rings. The lowest BCUT2D eigenvalue weighted by Crippen LogP contribution is -2.12. The lowest BCUT2D eigenvalue weighted by Gasteiger charge is -2.17. The zero-order valence-electron chi connectivity index (χ0n) is 16.7. The zero-order chi connectivity index (χ0) is 21.1. The van der Waals surface area contributed by atoms with Crippen molar-refractivity contribution in [3.05, 3.63) is 72.1 Å². The Morgan fingerprint density at radius 1 is 0.700 bits per heavy atom. The number of benzene rings is 2. The summed E-state index contributed by atoms with van der Waals surface area (Å²) in [6.07, 6.45) is 3.00. The normalized spacial score (nSPS) is 10.9. The van der Waals surface area contributed by atoms with Crippen molar-refractivity contribution in [3.8, 4) is 11.1 Å². The second-order valence-corrected chi connectivity index (χ2v) is 6.57. The molecule has 0 aliphatic heterocycles. The number of aromatic nitrogens is 2. The molecule has 2 aromatic heterocycles. The van der Waals surface area contributed by atoms with Gasteiger partial charge in [0.25, 0.3) is 0 Å². The van der Waals surface area contributed by atoms with E-state index in [0.29, 0.717) is 22.2 Å². The van der Waals surface area contributed by atoms with Gasteiger partial charge >= 0.3 is 11.9 Å². The number of esters is 2. The van der Waals surface area contributed by atoms with Crippen molar-refractivity contribution >= 4 is 33.7 Å². The van der Waals surface area contributed by atoms with Crippen LogP contribution in [0.3, 0.4) is 0 Å². The van der Waals surface area contributed by atoms with E-state index in [4.69, 9.17) is 9.47 Å². The molecule has 6 heteroatoms. The van der Waals surface area contributed by atoms with Crippen molar-refractivity contribution in [2.45, 2.75) is 13.8 Å². The number of hydrogen-bond donors (Lipinski definition) is 0. The van der Waals surface area contributed by atoms with E-state index in [9.17, 15) is 9.59 Å². The molecule has 0 amide bonds. The number of para-hydroxylation sites is 2. The van der Waals surface area contributed by atoms with Crippen LogP contribution in [0.5, 0.6) is 0 Å². The highest BCUT2D eigenvalue weighted by atomic mass is 16.5. The molecular formula is C24H20N2O4. The van der Waals surface area contributed by atoms with Gasteiger partial charge in [-0.15, -0.1) is 0 Å². The second kappa shape index (κ2) is 8.29. The third-order valence-corrected chi connectivity index (χ3v) is 4.79. The number of carbonyl (C=O) groups is 2. The molecule has 0 saturated heterocycles. The van der Waals surface area contributed by atoms with Gasteiger partial charge in [-0.2, -0.15) is 0 Å². The van der Waals surface area contributed by atoms with Gasteiger partial charge in [-0.25, -0.2) is 9.59 Å². The fraction of sp³-hybridized carbons (Fsp3) is 0.167.